The van der Waals surface area contributed by atoms with Crippen molar-refractivity contribution < 1.29 is 9.90 Å². The first kappa shape index (κ1) is 17.0. The van der Waals surface area contributed by atoms with Gasteiger partial charge in [-0.3, -0.25) is 0 Å². The van der Waals surface area contributed by atoms with Crippen LogP contribution in [0.1, 0.15) is 39.9 Å². The van der Waals surface area contributed by atoms with Crippen LogP contribution >= 0.6 is 39.1 Å². The third-order valence-corrected chi connectivity index (χ3v) is 5.98. The maximum atomic E-state index is 11.7. The van der Waals surface area contributed by atoms with Crippen LogP contribution < -0.4 is 5.32 Å². The number of rotatable bonds is 2. The Kier molecular flexibility index (Phi) is 4.30. The maximum Gasteiger partial charge on any atom is 0.337 e. The van der Waals surface area contributed by atoms with Crippen LogP contribution in [0.15, 0.2) is 47.0 Å². The molecule has 25 heavy (non-hydrogen) atoms. The summed E-state index contributed by atoms with van der Waals surface area (Å²) in [6.07, 6.45) is 5.24. The number of benzene rings is 2. The zero-order valence-electron chi connectivity index (χ0n) is 13.0. The number of allylic oxidation sites excluding steroid dienone is 2. The number of carbonyl (C=O) groups is 1. The molecule has 1 aliphatic heterocycles. The van der Waals surface area contributed by atoms with E-state index in [0.29, 0.717) is 15.7 Å². The summed E-state index contributed by atoms with van der Waals surface area (Å²) in [6.45, 7) is 0. The summed E-state index contributed by atoms with van der Waals surface area (Å²) in [5, 5.41) is 14.3. The van der Waals surface area contributed by atoms with E-state index < -0.39 is 5.97 Å². The van der Waals surface area contributed by atoms with E-state index >= 15 is 0 Å². The lowest BCUT2D eigenvalue weighted by atomic mass is 9.76. The second kappa shape index (κ2) is 6.35. The Hall–Kier alpha value is -1.49. The highest BCUT2D eigenvalue weighted by Crippen LogP contribution is 2.52. The lowest BCUT2D eigenvalue weighted by Crippen LogP contribution is -2.30. The Bertz CT molecular complexity index is 913. The Balaban J connectivity index is 1.88. The van der Waals surface area contributed by atoms with Crippen molar-refractivity contribution in [2.45, 2.75) is 18.4 Å². The molecule has 128 valence electrons. The second-order valence-electron chi connectivity index (χ2n) is 6.36. The lowest BCUT2D eigenvalue weighted by Gasteiger charge is -2.38. The van der Waals surface area contributed by atoms with Crippen LogP contribution in [0.3, 0.4) is 0 Å². The molecule has 2 aromatic carbocycles. The van der Waals surface area contributed by atoms with Gasteiger partial charge in [-0.05, 0) is 47.7 Å². The van der Waals surface area contributed by atoms with Gasteiger partial charge in [0.05, 0.1) is 17.3 Å². The Morgan fingerprint density at radius 1 is 1.20 bits per heavy atom. The van der Waals surface area contributed by atoms with Crippen LogP contribution in [0.5, 0.6) is 0 Å². The van der Waals surface area contributed by atoms with Crippen LogP contribution in [0.25, 0.3) is 0 Å². The largest absolute Gasteiger partial charge is 0.478 e. The maximum absolute atomic E-state index is 11.7. The van der Waals surface area contributed by atoms with Crippen molar-refractivity contribution in [3.8, 4) is 0 Å². The van der Waals surface area contributed by atoms with Gasteiger partial charge in [-0.25, -0.2) is 4.79 Å². The quantitative estimate of drug-likeness (QED) is 0.542. The van der Waals surface area contributed by atoms with Gasteiger partial charge >= 0.3 is 5.97 Å². The molecule has 4 rings (SSSR count). The number of carboxylic acid groups (broad SMARTS) is 1. The number of hydrogen-bond acceptors (Lipinski definition) is 2. The number of nitrogens with one attached hydrogen (secondary N) is 1. The second-order valence-corrected chi connectivity index (χ2v) is 8.12. The van der Waals surface area contributed by atoms with Crippen LogP contribution in [-0.2, 0) is 0 Å². The summed E-state index contributed by atoms with van der Waals surface area (Å²) < 4.78 is 0.771. The van der Waals surface area contributed by atoms with E-state index in [1.54, 1.807) is 12.1 Å². The number of anilines is 1. The van der Waals surface area contributed by atoms with E-state index in [-0.39, 0.29) is 23.4 Å². The molecule has 0 aromatic heterocycles. The minimum absolute atomic E-state index is 0.0726. The Labute approximate surface area is 163 Å². The molecule has 0 saturated heterocycles. The number of carboxylic acids is 1. The zero-order valence-corrected chi connectivity index (χ0v) is 16.1. The third kappa shape index (κ3) is 2.86. The Morgan fingerprint density at radius 2 is 2.00 bits per heavy atom. The summed E-state index contributed by atoms with van der Waals surface area (Å²) in [5.41, 5.74) is 2.87. The SMILES string of the molecule is O=C(O)c1cc(Br)cc2c1N[C@@H](c1ccc(Cl)cc1Cl)[C@H]1CC=C[C@@H]21. The van der Waals surface area contributed by atoms with Crippen molar-refractivity contribution in [2.24, 2.45) is 5.92 Å². The van der Waals surface area contributed by atoms with Gasteiger partial charge in [0, 0.05) is 20.4 Å². The van der Waals surface area contributed by atoms with E-state index in [4.69, 9.17) is 23.2 Å². The van der Waals surface area contributed by atoms with Crippen molar-refractivity contribution in [1.82, 2.24) is 0 Å². The zero-order chi connectivity index (χ0) is 17.7. The van der Waals surface area contributed by atoms with Crippen LogP contribution in [-0.4, -0.2) is 11.1 Å². The van der Waals surface area contributed by atoms with Gasteiger partial charge < -0.3 is 10.4 Å². The van der Waals surface area contributed by atoms with E-state index in [0.717, 1.165) is 22.0 Å². The summed E-state index contributed by atoms with van der Waals surface area (Å²) in [7, 11) is 0. The fourth-order valence-corrected chi connectivity index (χ4v) is 4.90. The van der Waals surface area contributed by atoms with Crippen LogP contribution in [0, 0.1) is 5.92 Å². The molecular formula is C19H14BrCl2NO2. The van der Waals surface area contributed by atoms with Crippen molar-refractivity contribution in [1.29, 1.82) is 0 Å². The normalized spacial score (nSPS) is 23.7. The number of fused-ring (bicyclic) bond motifs is 3. The predicted octanol–water partition coefficient (Wildman–Crippen LogP) is 6.28. The first-order valence-corrected chi connectivity index (χ1v) is 9.45. The van der Waals surface area contributed by atoms with Gasteiger partial charge in [0.15, 0.2) is 0 Å². The lowest BCUT2D eigenvalue weighted by molar-refractivity contribution is 0.0697. The van der Waals surface area contributed by atoms with E-state index in [9.17, 15) is 9.90 Å². The fraction of sp³-hybridized carbons (Fsp3) is 0.211. The number of aromatic carboxylic acids is 1. The molecule has 1 heterocycles. The molecule has 2 aromatic rings. The Morgan fingerprint density at radius 3 is 2.72 bits per heavy atom. The van der Waals surface area contributed by atoms with Crippen LogP contribution in [0.2, 0.25) is 10.0 Å². The molecule has 3 atom stereocenters. The minimum Gasteiger partial charge on any atom is -0.478 e. The molecule has 0 bridgehead atoms. The topological polar surface area (TPSA) is 49.3 Å². The summed E-state index contributed by atoms with van der Waals surface area (Å²) in [6, 6.07) is 9.03. The first-order valence-electron chi connectivity index (χ1n) is 7.90. The summed E-state index contributed by atoms with van der Waals surface area (Å²) >= 11 is 15.9. The van der Waals surface area contributed by atoms with Gasteiger partial charge in [-0.15, -0.1) is 0 Å². The predicted molar refractivity (Wildman–Crippen MR) is 104 cm³/mol. The molecule has 2 N–H and O–H groups in total. The minimum atomic E-state index is -0.952. The monoisotopic (exact) mass is 437 g/mol. The third-order valence-electron chi connectivity index (χ3n) is 4.96. The van der Waals surface area contributed by atoms with E-state index in [2.05, 4.69) is 33.4 Å². The molecule has 0 amide bonds. The number of halogens is 3. The van der Waals surface area contributed by atoms with Crippen LogP contribution in [0.4, 0.5) is 5.69 Å². The molecule has 6 heteroatoms. The molecular weight excluding hydrogens is 425 g/mol. The van der Waals surface area contributed by atoms with E-state index in [1.807, 2.05) is 18.2 Å². The van der Waals surface area contributed by atoms with Gasteiger partial charge in [0.25, 0.3) is 0 Å². The van der Waals surface area contributed by atoms with Crippen molar-refractivity contribution in [2.75, 3.05) is 5.32 Å². The highest BCUT2D eigenvalue weighted by atomic mass is 79.9. The molecule has 0 fully saturated rings. The molecule has 0 unspecified atom stereocenters. The fourth-order valence-electron chi connectivity index (χ4n) is 3.89. The summed E-state index contributed by atoms with van der Waals surface area (Å²) in [4.78, 5) is 11.7. The van der Waals surface area contributed by atoms with Gasteiger partial charge in [-0.1, -0.05) is 57.4 Å². The average molecular weight is 439 g/mol. The van der Waals surface area contributed by atoms with Gasteiger partial charge in [-0.2, -0.15) is 0 Å². The highest BCUT2D eigenvalue weighted by Gasteiger charge is 2.40. The average Bonchev–Trinajstić information content (AvgIpc) is 3.04. The molecule has 0 radical (unpaired) electrons. The van der Waals surface area contributed by atoms with Crippen molar-refractivity contribution in [3.05, 3.63) is 73.7 Å². The molecule has 0 saturated carbocycles. The summed E-state index contributed by atoms with van der Waals surface area (Å²) in [5.74, 6) is -0.517. The standard InChI is InChI=1S/C19H14BrCl2NO2/c20-9-6-14-11-2-1-3-12(11)17(13-5-4-10(21)8-16(13)22)23-18(14)15(7-9)19(24)25/h1-2,4-8,11-12,17,23H,3H2,(H,24,25)/t11-,12+,17-/m1/s1. The highest BCUT2D eigenvalue weighted by molar-refractivity contribution is 9.10. The molecule has 0 spiro atoms. The van der Waals surface area contributed by atoms with Gasteiger partial charge in [0.2, 0.25) is 0 Å². The smallest absolute Gasteiger partial charge is 0.337 e. The van der Waals surface area contributed by atoms with Gasteiger partial charge in [0.1, 0.15) is 0 Å². The van der Waals surface area contributed by atoms with E-state index in [1.165, 1.54) is 0 Å². The van der Waals surface area contributed by atoms with Crippen molar-refractivity contribution in [3.63, 3.8) is 0 Å². The number of hydrogen-bond donors (Lipinski definition) is 2. The van der Waals surface area contributed by atoms with Crippen molar-refractivity contribution >= 4 is 50.8 Å². The molecule has 2 aliphatic rings. The first-order chi connectivity index (χ1) is 12.0. The molecule has 1 aliphatic carbocycles. The molecule has 3 nitrogen and oxygen atoms in total.